The molecule has 31 heavy (non-hydrogen) atoms. The zero-order valence-electron chi connectivity index (χ0n) is 18.2. The smallest absolute Gasteiger partial charge is 0.234 e. The molecule has 0 aliphatic rings. The molecule has 0 atom stereocenters. The molecule has 0 radical (unpaired) electrons. The number of aryl methyl sites for hydroxylation is 1. The van der Waals surface area contributed by atoms with E-state index in [-0.39, 0.29) is 11.7 Å². The van der Waals surface area contributed by atoms with E-state index in [2.05, 4.69) is 47.6 Å². The van der Waals surface area contributed by atoms with Gasteiger partial charge in [-0.25, -0.2) is 0 Å². The van der Waals surface area contributed by atoms with E-state index in [1.54, 1.807) is 12.1 Å². The number of carbonyl (C=O) groups is 1. The number of nitrogens with zero attached hydrogens (tertiary/aromatic N) is 3. The third kappa shape index (κ3) is 6.02. The molecule has 164 valence electrons. The van der Waals surface area contributed by atoms with E-state index >= 15 is 0 Å². The molecule has 6 nitrogen and oxygen atoms in total. The van der Waals surface area contributed by atoms with Crippen LogP contribution in [0.5, 0.6) is 5.75 Å². The van der Waals surface area contributed by atoms with Crippen LogP contribution in [-0.4, -0.2) is 26.4 Å². The highest BCUT2D eigenvalue weighted by molar-refractivity contribution is 7.99. The summed E-state index contributed by atoms with van der Waals surface area (Å²) in [6.45, 7) is 9.37. The van der Waals surface area contributed by atoms with Gasteiger partial charge >= 0.3 is 0 Å². The lowest BCUT2D eigenvalue weighted by Gasteiger charge is -2.15. The van der Waals surface area contributed by atoms with Gasteiger partial charge in [0.1, 0.15) is 12.4 Å². The number of aromatic nitrogens is 3. The first-order chi connectivity index (χ1) is 14.9. The Bertz CT molecular complexity index is 1050. The Morgan fingerprint density at radius 3 is 2.71 bits per heavy atom. The molecular formula is C23H27ClN4O2S. The highest BCUT2D eigenvalue weighted by atomic mass is 35.5. The maximum Gasteiger partial charge on any atom is 0.234 e. The molecule has 0 bridgehead atoms. The minimum atomic E-state index is -0.150. The fraction of sp³-hybridized carbons (Fsp3) is 0.348. The molecule has 0 aliphatic heterocycles. The number of hydrogen-bond donors (Lipinski definition) is 1. The summed E-state index contributed by atoms with van der Waals surface area (Å²) in [5.41, 5.74) is 2.91. The molecule has 0 saturated carbocycles. The van der Waals surface area contributed by atoms with Crippen LogP contribution in [0.3, 0.4) is 0 Å². The van der Waals surface area contributed by atoms with E-state index in [9.17, 15) is 4.79 Å². The number of benzene rings is 2. The second-order valence-corrected chi connectivity index (χ2v) is 8.79. The number of amides is 1. The van der Waals surface area contributed by atoms with Gasteiger partial charge in [0, 0.05) is 6.54 Å². The number of halogens is 1. The fourth-order valence-corrected chi connectivity index (χ4v) is 4.12. The third-order valence-electron chi connectivity index (χ3n) is 4.74. The van der Waals surface area contributed by atoms with Crippen molar-refractivity contribution in [3.05, 3.63) is 64.4 Å². The van der Waals surface area contributed by atoms with Crippen molar-refractivity contribution in [2.75, 3.05) is 11.1 Å². The summed E-state index contributed by atoms with van der Waals surface area (Å²) in [6, 6.07) is 13.4. The summed E-state index contributed by atoms with van der Waals surface area (Å²) < 4.78 is 8.08. The molecule has 2 aromatic carbocycles. The monoisotopic (exact) mass is 458 g/mol. The van der Waals surface area contributed by atoms with Gasteiger partial charge in [-0.2, -0.15) is 0 Å². The van der Waals surface area contributed by atoms with Crippen LogP contribution >= 0.6 is 23.4 Å². The molecule has 0 fully saturated rings. The van der Waals surface area contributed by atoms with Crippen molar-refractivity contribution >= 4 is 35.0 Å². The van der Waals surface area contributed by atoms with Gasteiger partial charge in [0.25, 0.3) is 0 Å². The van der Waals surface area contributed by atoms with E-state index in [1.807, 2.05) is 30.5 Å². The molecule has 3 aromatic rings. The van der Waals surface area contributed by atoms with Gasteiger partial charge in [0.15, 0.2) is 11.0 Å². The molecule has 0 aliphatic carbocycles. The van der Waals surface area contributed by atoms with Gasteiger partial charge in [0.2, 0.25) is 5.91 Å². The second kappa shape index (κ2) is 10.7. The third-order valence-corrected chi connectivity index (χ3v) is 6.03. The van der Waals surface area contributed by atoms with Crippen LogP contribution in [-0.2, 0) is 17.9 Å². The van der Waals surface area contributed by atoms with Gasteiger partial charge in [0.05, 0.1) is 16.5 Å². The van der Waals surface area contributed by atoms with Crippen LogP contribution < -0.4 is 10.1 Å². The highest BCUT2D eigenvalue weighted by Crippen LogP contribution is 2.28. The molecule has 0 unspecified atom stereocenters. The molecule has 3 rings (SSSR count). The minimum absolute atomic E-state index is 0.150. The van der Waals surface area contributed by atoms with Gasteiger partial charge in [-0.15, -0.1) is 10.2 Å². The normalized spacial score (nSPS) is 11.0. The van der Waals surface area contributed by atoms with Gasteiger partial charge < -0.3 is 14.6 Å². The lowest BCUT2D eigenvalue weighted by atomic mass is 10.0. The lowest BCUT2D eigenvalue weighted by molar-refractivity contribution is -0.113. The molecular weight excluding hydrogens is 432 g/mol. The van der Waals surface area contributed by atoms with Gasteiger partial charge in [-0.05, 0) is 49.1 Å². The maximum absolute atomic E-state index is 12.3. The first kappa shape index (κ1) is 23.2. The molecule has 1 aromatic heterocycles. The molecule has 1 heterocycles. The number of nitrogens with one attached hydrogen (secondary N) is 1. The first-order valence-electron chi connectivity index (χ1n) is 10.2. The number of hydrogen-bond acceptors (Lipinski definition) is 5. The standard InChI is InChI=1S/C23H27ClN4O2S/c1-5-28-21(13-30-20-12-16(4)10-11-17(20)15(2)3)26-27-23(28)31-14-22(29)25-19-9-7-6-8-18(19)24/h6-12,15H,5,13-14H2,1-4H3,(H,25,29). The Labute approximate surface area is 192 Å². The van der Waals surface area contributed by atoms with Crippen molar-refractivity contribution in [2.45, 2.75) is 51.9 Å². The zero-order chi connectivity index (χ0) is 22.4. The topological polar surface area (TPSA) is 69.0 Å². The summed E-state index contributed by atoms with van der Waals surface area (Å²) in [5.74, 6) is 2.02. The SMILES string of the molecule is CCn1c(COc2cc(C)ccc2C(C)C)nnc1SCC(=O)Nc1ccccc1Cl. The van der Waals surface area contributed by atoms with E-state index in [0.29, 0.717) is 34.9 Å². The van der Waals surface area contributed by atoms with Crippen LogP contribution in [0.4, 0.5) is 5.69 Å². The average molecular weight is 459 g/mol. The minimum Gasteiger partial charge on any atom is -0.485 e. The Balaban J connectivity index is 1.64. The molecule has 1 N–H and O–H groups in total. The van der Waals surface area contributed by atoms with Crippen molar-refractivity contribution in [1.29, 1.82) is 0 Å². The predicted octanol–water partition coefficient (Wildman–Crippen LogP) is 5.69. The number of para-hydroxylation sites is 1. The van der Waals surface area contributed by atoms with Gasteiger partial charge in [-0.3, -0.25) is 4.79 Å². The van der Waals surface area contributed by atoms with Crippen LogP contribution in [0, 0.1) is 6.92 Å². The fourth-order valence-electron chi connectivity index (χ4n) is 3.12. The Morgan fingerprint density at radius 2 is 2.00 bits per heavy atom. The second-order valence-electron chi connectivity index (χ2n) is 7.44. The largest absolute Gasteiger partial charge is 0.485 e. The number of ether oxygens (including phenoxy) is 1. The lowest BCUT2D eigenvalue weighted by Crippen LogP contribution is -2.15. The van der Waals surface area contributed by atoms with Crippen molar-refractivity contribution < 1.29 is 9.53 Å². The summed E-state index contributed by atoms with van der Waals surface area (Å²) in [6.07, 6.45) is 0. The maximum atomic E-state index is 12.3. The molecule has 8 heteroatoms. The Kier molecular flexibility index (Phi) is 7.98. The molecule has 1 amide bonds. The summed E-state index contributed by atoms with van der Waals surface area (Å²) in [4.78, 5) is 12.3. The number of carbonyl (C=O) groups excluding carboxylic acids is 1. The van der Waals surface area contributed by atoms with Crippen LogP contribution in [0.1, 0.15) is 43.6 Å². The number of rotatable bonds is 9. The van der Waals surface area contributed by atoms with E-state index < -0.39 is 0 Å². The average Bonchev–Trinajstić information content (AvgIpc) is 3.14. The summed E-state index contributed by atoms with van der Waals surface area (Å²) >= 11 is 7.44. The predicted molar refractivity (Wildman–Crippen MR) is 126 cm³/mol. The number of anilines is 1. The van der Waals surface area contributed by atoms with Crippen LogP contribution in [0.15, 0.2) is 47.6 Å². The van der Waals surface area contributed by atoms with E-state index in [0.717, 1.165) is 17.1 Å². The van der Waals surface area contributed by atoms with E-state index in [1.165, 1.54) is 17.3 Å². The van der Waals surface area contributed by atoms with Crippen molar-refractivity contribution in [2.24, 2.45) is 0 Å². The molecule has 0 spiro atoms. The zero-order valence-corrected chi connectivity index (χ0v) is 19.8. The summed E-state index contributed by atoms with van der Waals surface area (Å²) in [5, 5.41) is 12.6. The Hall–Kier alpha value is -2.51. The summed E-state index contributed by atoms with van der Waals surface area (Å²) in [7, 11) is 0. The highest BCUT2D eigenvalue weighted by Gasteiger charge is 2.15. The molecule has 0 saturated heterocycles. The van der Waals surface area contributed by atoms with Crippen molar-refractivity contribution in [3.63, 3.8) is 0 Å². The number of thioether (sulfide) groups is 1. The van der Waals surface area contributed by atoms with Gasteiger partial charge in [-0.1, -0.05) is 61.5 Å². The first-order valence-corrected chi connectivity index (χ1v) is 11.6. The quantitative estimate of drug-likeness (QED) is 0.417. The van der Waals surface area contributed by atoms with E-state index in [4.69, 9.17) is 16.3 Å². The Morgan fingerprint density at radius 1 is 1.23 bits per heavy atom. The van der Waals surface area contributed by atoms with Crippen LogP contribution in [0.2, 0.25) is 5.02 Å². The van der Waals surface area contributed by atoms with Crippen molar-refractivity contribution in [3.8, 4) is 5.75 Å². The van der Waals surface area contributed by atoms with Crippen molar-refractivity contribution in [1.82, 2.24) is 14.8 Å². The van der Waals surface area contributed by atoms with Crippen LogP contribution in [0.25, 0.3) is 0 Å².